The van der Waals surface area contributed by atoms with Gasteiger partial charge in [0.25, 0.3) is 0 Å². The normalized spacial score (nSPS) is 25.5. The molecule has 1 spiro atoms. The highest BCUT2D eigenvalue weighted by Gasteiger charge is 2.39. The van der Waals surface area contributed by atoms with Gasteiger partial charge in [-0.15, -0.1) is 0 Å². The predicted octanol–water partition coefficient (Wildman–Crippen LogP) is 1.12. The number of nitrogens with zero attached hydrogens (tertiary/aromatic N) is 2. The number of rotatable bonds is 3. The highest BCUT2D eigenvalue weighted by molar-refractivity contribution is 6.26. The fourth-order valence-corrected chi connectivity index (χ4v) is 4.12. The first-order valence-electron chi connectivity index (χ1n) is 8.84. The Morgan fingerprint density at radius 1 is 1.25 bits per heavy atom. The third-order valence-electron chi connectivity index (χ3n) is 5.43. The Hall–Kier alpha value is -1.82. The van der Waals surface area contributed by atoms with Gasteiger partial charge in [0.15, 0.2) is 6.17 Å². The van der Waals surface area contributed by atoms with Crippen molar-refractivity contribution in [3.63, 3.8) is 0 Å². The predicted molar refractivity (Wildman–Crippen MR) is 98.8 cm³/mol. The van der Waals surface area contributed by atoms with Crippen LogP contribution in [0.15, 0.2) is 45.9 Å². The van der Waals surface area contributed by atoms with Crippen LogP contribution in [0.1, 0.15) is 30.4 Å². The molecule has 126 valence electrons. The number of aliphatic imine (C=N–C) groups is 2. The Morgan fingerprint density at radius 3 is 2.83 bits per heavy atom. The fraction of sp³-hybridized carbons (Fsp3) is 0.474. The molecule has 0 bridgehead atoms. The number of hydrogen-bond acceptors (Lipinski definition) is 5. The molecule has 0 radical (unpaired) electrons. The average Bonchev–Trinajstić information content (AvgIpc) is 2.63. The lowest BCUT2D eigenvalue weighted by atomic mass is 9.66. The van der Waals surface area contributed by atoms with Gasteiger partial charge in [-0.3, -0.25) is 9.98 Å². The summed E-state index contributed by atoms with van der Waals surface area (Å²) in [5, 5.41) is 3.47. The summed E-state index contributed by atoms with van der Waals surface area (Å²) in [5.74, 6) is 0. The molecule has 2 aliphatic heterocycles. The number of nitrogens with two attached hydrogens (primary N) is 2. The topological polar surface area (TPSA) is 88.8 Å². The van der Waals surface area contributed by atoms with Crippen molar-refractivity contribution in [2.75, 3.05) is 19.6 Å². The monoisotopic (exact) mass is 323 g/mol. The molecule has 0 aromatic heterocycles. The van der Waals surface area contributed by atoms with Gasteiger partial charge in [0, 0.05) is 28.8 Å². The smallest absolute Gasteiger partial charge is 0.155 e. The number of allylic oxidation sites excluding steroid dienone is 2. The Kier molecular flexibility index (Phi) is 4.08. The summed E-state index contributed by atoms with van der Waals surface area (Å²) in [5.41, 5.74) is 16.8. The maximum atomic E-state index is 6.21. The number of fused-ring (bicyclic) bond motifs is 4. The molecule has 2 heterocycles. The van der Waals surface area contributed by atoms with Crippen LogP contribution in [0.5, 0.6) is 0 Å². The molecule has 1 aliphatic carbocycles. The van der Waals surface area contributed by atoms with E-state index < -0.39 is 0 Å². The summed E-state index contributed by atoms with van der Waals surface area (Å²) < 4.78 is 0. The summed E-state index contributed by atoms with van der Waals surface area (Å²) >= 11 is 0. The van der Waals surface area contributed by atoms with Crippen LogP contribution in [-0.4, -0.2) is 43.8 Å². The maximum absolute atomic E-state index is 6.21. The third-order valence-corrected chi connectivity index (χ3v) is 5.43. The Bertz CT molecular complexity index is 712. The molecule has 5 heteroatoms. The minimum atomic E-state index is -0.226. The van der Waals surface area contributed by atoms with E-state index in [0.29, 0.717) is 6.54 Å². The van der Waals surface area contributed by atoms with Gasteiger partial charge >= 0.3 is 0 Å². The second kappa shape index (κ2) is 6.24. The Morgan fingerprint density at radius 2 is 2.04 bits per heavy atom. The zero-order valence-electron chi connectivity index (χ0n) is 13.9. The van der Waals surface area contributed by atoms with E-state index in [1.54, 1.807) is 0 Å². The molecule has 24 heavy (non-hydrogen) atoms. The molecular formula is C19H25N5. The first-order valence-corrected chi connectivity index (χ1v) is 8.84. The Labute approximate surface area is 142 Å². The van der Waals surface area contributed by atoms with E-state index in [4.69, 9.17) is 16.5 Å². The minimum Gasteiger partial charge on any atom is -0.330 e. The van der Waals surface area contributed by atoms with Crippen LogP contribution in [0.2, 0.25) is 0 Å². The van der Waals surface area contributed by atoms with Gasteiger partial charge in [0.05, 0.1) is 5.71 Å². The number of nitrogens with one attached hydrogen (secondary N) is 1. The first-order chi connectivity index (χ1) is 11.7. The van der Waals surface area contributed by atoms with Crippen LogP contribution in [0, 0.1) is 0 Å². The highest BCUT2D eigenvalue weighted by atomic mass is 15.1. The van der Waals surface area contributed by atoms with Crippen molar-refractivity contribution in [1.29, 1.82) is 0 Å². The van der Waals surface area contributed by atoms with Crippen LogP contribution in [0.3, 0.4) is 0 Å². The van der Waals surface area contributed by atoms with Gasteiger partial charge in [0.1, 0.15) is 0 Å². The summed E-state index contributed by atoms with van der Waals surface area (Å²) in [7, 11) is 0. The molecular weight excluding hydrogens is 298 g/mol. The van der Waals surface area contributed by atoms with Gasteiger partial charge in [0.2, 0.25) is 0 Å². The molecule has 1 aromatic carbocycles. The average molecular weight is 323 g/mol. The van der Waals surface area contributed by atoms with Crippen molar-refractivity contribution < 1.29 is 0 Å². The molecule has 5 nitrogen and oxygen atoms in total. The largest absolute Gasteiger partial charge is 0.330 e. The molecule has 0 amide bonds. The molecule has 4 rings (SSSR count). The number of benzene rings is 1. The van der Waals surface area contributed by atoms with Crippen molar-refractivity contribution in [2.45, 2.75) is 36.9 Å². The van der Waals surface area contributed by atoms with Crippen molar-refractivity contribution in [3.05, 3.63) is 47.0 Å². The summed E-state index contributed by atoms with van der Waals surface area (Å²) in [6.45, 7) is 2.66. The third kappa shape index (κ3) is 2.53. The van der Waals surface area contributed by atoms with Crippen molar-refractivity contribution in [2.24, 2.45) is 21.5 Å². The van der Waals surface area contributed by atoms with Crippen LogP contribution < -0.4 is 16.8 Å². The van der Waals surface area contributed by atoms with Crippen molar-refractivity contribution >= 4 is 11.9 Å². The van der Waals surface area contributed by atoms with Crippen LogP contribution >= 0.6 is 0 Å². The summed E-state index contributed by atoms with van der Waals surface area (Å²) in [6.07, 6.45) is 7.10. The molecule has 1 saturated heterocycles. The van der Waals surface area contributed by atoms with E-state index in [1.807, 2.05) is 6.21 Å². The molecule has 1 aromatic rings. The van der Waals surface area contributed by atoms with Gasteiger partial charge in [-0.05, 0) is 44.5 Å². The molecule has 1 fully saturated rings. The van der Waals surface area contributed by atoms with E-state index in [1.165, 1.54) is 11.1 Å². The van der Waals surface area contributed by atoms with E-state index in [9.17, 15) is 0 Å². The second-order valence-electron chi connectivity index (χ2n) is 6.96. The first kappa shape index (κ1) is 15.7. The lowest BCUT2D eigenvalue weighted by molar-refractivity contribution is 0.371. The van der Waals surface area contributed by atoms with Crippen LogP contribution in [0.25, 0.3) is 0 Å². The van der Waals surface area contributed by atoms with Gasteiger partial charge < -0.3 is 16.8 Å². The van der Waals surface area contributed by atoms with E-state index in [-0.39, 0.29) is 17.6 Å². The van der Waals surface area contributed by atoms with Crippen molar-refractivity contribution in [1.82, 2.24) is 5.32 Å². The highest BCUT2D eigenvalue weighted by Crippen LogP contribution is 2.42. The van der Waals surface area contributed by atoms with Gasteiger partial charge in [-0.25, -0.2) is 0 Å². The van der Waals surface area contributed by atoms with Gasteiger partial charge in [-0.1, -0.05) is 30.3 Å². The number of piperidine rings is 1. The fourth-order valence-electron chi connectivity index (χ4n) is 4.12. The number of hydrogen-bond donors (Lipinski definition) is 3. The van der Waals surface area contributed by atoms with E-state index in [2.05, 4.69) is 40.7 Å². The van der Waals surface area contributed by atoms with Crippen LogP contribution in [0.4, 0.5) is 0 Å². The summed E-state index contributed by atoms with van der Waals surface area (Å²) in [4.78, 5) is 9.50. The molecule has 2 unspecified atom stereocenters. The van der Waals surface area contributed by atoms with Gasteiger partial charge in [-0.2, -0.15) is 0 Å². The lowest BCUT2D eigenvalue weighted by Crippen LogP contribution is -2.43. The van der Waals surface area contributed by atoms with Crippen molar-refractivity contribution in [3.8, 4) is 0 Å². The van der Waals surface area contributed by atoms with E-state index >= 15 is 0 Å². The summed E-state index contributed by atoms with van der Waals surface area (Å²) in [6, 6.07) is 8.56. The molecule has 2 atom stereocenters. The molecule has 0 saturated carbocycles. The SMILES string of the molecule is NCCC(N)C1N=CC2=CC3(CCNCC3)c3ccccc3C2=N1. The van der Waals surface area contributed by atoms with Crippen LogP contribution in [-0.2, 0) is 5.41 Å². The minimum absolute atomic E-state index is 0.106. The Balaban J connectivity index is 1.78. The standard InChI is InChI=1S/C19H25N5/c20-8-5-16(21)18-23-12-13-11-19(6-9-22-10-7-19)15-4-2-1-3-14(15)17(13)24-18/h1-4,11-12,16,18,22H,5-10,20-21H2. The maximum Gasteiger partial charge on any atom is 0.155 e. The van der Waals surface area contributed by atoms with E-state index in [0.717, 1.165) is 43.6 Å². The lowest BCUT2D eigenvalue weighted by Gasteiger charge is -2.41. The molecule has 5 N–H and O–H groups in total. The zero-order chi connectivity index (χ0) is 16.6. The molecule has 3 aliphatic rings. The quantitative estimate of drug-likeness (QED) is 0.779. The zero-order valence-corrected chi connectivity index (χ0v) is 13.9. The second-order valence-corrected chi connectivity index (χ2v) is 6.96.